The Labute approximate surface area is 121 Å². The average Bonchev–Trinajstić information content (AvgIpc) is 2.51. The van der Waals surface area contributed by atoms with Crippen LogP contribution in [0.3, 0.4) is 0 Å². The SMILES string of the molecule is CCc1cccc(C2(O)CCC(C)c3ccccc32)c1. The Morgan fingerprint density at radius 1 is 1.15 bits per heavy atom. The molecule has 0 bridgehead atoms. The van der Waals surface area contributed by atoms with Crippen LogP contribution in [0.2, 0.25) is 0 Å². The molecule has 2 aromatic rings. The zero-order valence-corrected chi connectivity index (χ0v) is 12.3. The molecule has 1 aliphatic carbocycles. The van der Waals surface area contributed by atoms with Crippen LogP contribution in [-0.4, -0.2) is 5.11 Å². The zero-order chi connectivity index (χ0) is 14.2. The molecule has 0 heterocycles. The quantitative estimate of drug-likeness (QED) is 0.855. The molecule has 1 heteroatoms. The molecule has 20 heavy (non-hydrogen) atoms. The first kappa shape index (κ1) is 13.4. The molecule has 0 aliphatic heterocycles. The normalized spacial score (nSPS) is 25.2. The minimum atomic E-state index is -0.825. The van der Waals surface area contributed by atoms with Crippen LogP contribution >= 0.6 is 0 Å². The summed E-state index contributed by atoms with van der Waals surface area (Å²) in [4.78, 5) is 0. The first-order valence-corrected chi connectivity index (χ1v) is 7.56. The van der Waals surface area contributed by atoms with Crippen molar-refractivity contribution in [2.24, 2.45) is 0 Å². The van der Waals surface area contributed by atoms with Crippen LogP contribution in [0, 0.1) is 0 Å². The molecule has 0 saturated carbocycles. The fourth-order valence-electron chi connectivity index (χ4n) is 3.37. The molecule has 2 aromatic carbocycles. The topological polar surface area (TPSA) is 20.2 Å². The number of hydrogen-bond donors (Lipinski definition) is 1. The minimum absolute atomic E-state index is 0.529. The minimum Gasteiger partial charge on any atom is -0.380 e. The molecule has 0 saturated heterocycles. The summed E-state index contributed by atoms with van der Waals surface area (Å²) in [6.45, 7) is 4.40. The molecule has 0 spiro atoms. The van der Waals surface area contributed by atoms with E-state index in [0.717, 1.165) is 30.4 Å². The lowest BCUT2D eigenvalue weighted by Gasteiger charge is -2.38. The predicted octanol–water partition coefficient (Wildman–Crippen LogP) is 4.38. The Balaban J connectivity index is 2.14. The summed E-state index contributed by atoms with van der Waals surface area (Å²) in [5.41, 5.74) is 3.88. The van der Waals surface area contributed by atoms with Gasteiger partial charge >= 0.3 is 0 Å². The van der Waals surface area contributed by atoms with Crippen molar-refractivity contribution in [3.05, 3.63) is 70.8 Å². The number of hydrogen-bond acceptors (Lipinski definition) is 1. The molecule has 2 unspecified atom stereocenters. The predicted molar refractivity (Wildman–Crippen MR) is 82.9 cm³/mol. The van der Waals surface area contributed by atoms with E-state index in [1.165, 1.54) is 11.1 Å². The van der Waals surface area contributed by atoms with E-state index in [0.29, 0.717) is 5.92 Å². The van der Waals surface area contributed by atoms with Gasteiger partial charge in [-0.05, 0) is 47.4 Å². The van der Waals surface area contributed by atoms with Gasteiger partial charge in [-0.25, -0.2) is 0 Å². The van der Waals surface area contributed by atoms with Crippen molar-refractivity contribution in [2.75, 3.05) is 0 Å². The van der Waals surface area contributed by atoms with E-state index in [1.54, 1.807) is 0 Å². The summed E-state index contributed by atoms with van der Waals surface area (Å²) in [6, 6.07) is 16.8. The van der Waals surface area contributed by atoms with Crippen molar-refractivity contribution in [1.82, 2.24) is 0 Å². The van der Waals surface area contributed by atoms with Crippen LogP contribution in [0.5, 0.6) is 0 Å². The maximum Gasteiger partial charge on any atom is 0.115 e. The van der Waals surface area contributed by atoms with Crippen LogP contribution in [0.4, 0.5) is 0 Å². The highest BCUT2D eigenvalue weighted by molar-refractivity contribution is 5.45. The lowest BCUT2D eigenvalue weighted by Crippen LogP contribution is -2.33. The first-order chi connectivity index (χ1) is 9.65. The van der Waals surface area contributed by atoms with E-state index in [-0.39, 0.29) is 0 Å². The molecule has 0 radical (unpaired) electrons. The molecule has 0 aromatic heterocycles. The molecular formula is C19H22O. The summed E-state index contributed by atoms with van der Waals surface area (Å²) in [7, 11) is 0. The smallest absolute Gasteiger partial charge is 0.115 e. The van der Waals surface area contributed by atoms with Crippen LogP contribution in [-0.2, 0) is 12.0 Å². The van der Waals surface area contributed by atoms with Crippen molar-refractivity contribution in [2.45, 2.75) is 44.6 Å². The van der Waals surface area contributed by atoms with Gasteiger partial charge in [0, 0.05) is 0 Å². The molecule has 2 atom stereocenters. The average molecular weight is 266 g/mol. The molecule has 1 nitrogen and oxygen atoms in total. The summed E-state index contributed by atoms with van der Waals surface area (Å²) < 4.78 is 0. The lowest BCUT2D eigenvalue weighted by molar-refractivity contribution is 0.0579. The first-order valence-electron chi connectivity index (χ1n) is 7.56. The second kappa shape index (κ2) is 5.06. The van der Waals surface area contributed by atoms with Crippen molar-refractivity contribution in [3.8, 4) is 0 Å². The van der Waals surface area contributed by atoms with Crippen LogP contribution in [0.1, 0.15) is 54.9 Å². The van der Waals surface area contributed by atoms with E-state index in [1.807, 2.05) is 6.07 Å². The fraction of sp³-hybridized carbons (Fsp3) is 0.368. The van der Waals surface area contributed by atoms with E-state index in [9.17, 15) is 5.11 Å². The van der Waals surface area contributed by atoms with Crippen LogP contribution < -0.4 is 0 Å². The van der Waals surface area contributed by atoms with Crippen molar-refractivity contribution in [3.63, 3.8) is 0 Å². The molecular weight excluding hydrogens is 244 g/mol. The van der Waals surface area contributed by atoms with E-state index >= 15 is 0 Å². The molecule has 0 fully saturated rings. The summed E-state index contributed by atoms with van der Waals surface area (Å²) in [6.07, 6.45) is 2.84. The number of rotatable bonds is 2. The second-order valence-corrected chi connectivity index (χ2v) is 5.94. The van der Waals surface area contributed by atoms with Gasteiger partial charge in [0.1, 0.15) is 5.60 Å². The lowest BCUT2D eigenvalue weighted by atomic mass is 9.71. The van der Waals surface area contributed by atoms with Gasteiger partial charge in [-0.1, -0.05) is 62.4 Å². The summed E-state index contributed by atoms with van der Waals surface area (Å²) in [5, 5.41) is 11.3. The Hall–Kier alpha value is -1.60. The van der Waals surface area contributed by atoms with Gasteiger partial charge in [-0.15, -0.1) is 0 Å². The molecule has 104 valence electrons. The Morgan fingerprint density at radius 3 is 2.75 bits per heavy atom. The van der Waals surface area contributed by atoms with E-state index < -0.39 is 5.60 Å². The summed E-state index contributed by atoms with van der Waals surface area (Å²) in [5.74, 6) is 0.529. The number of aryl methyl sites for hydroxylation is 1. The van der Waals surface area contributed by atoms with Crippen LogP contribution in [0.15, 0.2) is 48.5 Å². The maximum atomic E-state index is 11.3. The summed E-state index contributed by atoms with van der Waals surface area (Å²) >= 11 is 0. The maximum absolute atomic E-state index is 11.3. The van der Waals surface area contributed by atoms with Gasteiger partial charge in [0.05, 0.1) is 0 Å². The third-order valence-electron chi connectivity index (χ3n) is 4.69. The van der Waals surface area contributed by atoms with E-state index in [2.05, 4.69) is 56.3 Å². The van der Waals surface area contributed by atoms with Gasteiger partial charge in [0.15, 0.2) is 0 Å². The number of fused-ring (bicyclic) bond motifs is 1. The molecule has 1 N–H and O–H groups in total. The van der Waals surface area contributed by atoms with Crippen molar-refractivity contribution < 1.29 is 5.11 Å². The second-order valence-electron chi connectivity index (χ2n) is 5.94. The highest BCUT2D eigenvalue weighted by atomic mass is 16.3. The van der Waals surface area contributed by atoms with Crippen molar-refractivity contribution in [1.29, 1.82) is 0 Å². The third kappa shape index (κ3) is 2.06. The van der Waals surface area contributed by atoms with Gasteiger partial charge < -0.3 is 5.11 Å². The highest BCUT2D eigenvalue weighted by Gasteiger charge is 2.38. The van der Waals surface area contributed by atoms with Crippen LogP contribution in [0.25, 0.3) is 0 Å². The van der Waals surface area contributed by atoms with Gasteiger partial charge in [-0.3, -0.25) is 0 Å². The Kier molecular flexibility index (Phi) is 3.39. The van der Waals surface area contributed by atoms with Crippen molar-refractivity contribution >= 4 is 0 Å². The van der Waals surface area contributed by atoms with Gasteiger partial charge in [0.2, 0.25) is 0 Å². The number of aliphatic hydroxyl groups is 1. The fourth-order valence-corrected chi connectivity index (χ4v) is 3.37. The van der Waals surface area contributed by atoms with Gasteiger partial charge in [0.25, 0.3) is 0 Å². The van der Waals surface area contributed by atoms with E-state index in [4.69, 9.17) is 0 Å². The largest absolute Gasteiger partial charge is 0.380 e. The monoisotopic (exact) mass is 266 g/mol. The van der Waals surface area contributed by atoms with Gasteiger partial charge in [-0.2, -0.15) is 0 Å². The number of benzene rings is 2. The zero-order valence-electron chi connectivity index (χ0n) is 12.3. The molecule has 3 rings (SSSR count). The highest BCUT2D eigenvalue weighted by Crippen LogP contribution is 2.45. The molecule has 1 aliphatic rings. The molecule has 0 amide bonds. The Bertz CT molecular complexity index is 617. The Morgan fingerprint density at radius 2 is 1.95 bits per heavy atom. The third-order valence-corrected chi connectivity index (χ3v) is 4.69. The standard InChI is InChI=1S/C19H22O/c1-3-15-7-6-8-16(13-15)19(20)12-11-14(2)17-9-4-5-10-18(17)19/h4-10,13-14,20H,3,11-12H2,1-2H3.